The monoisotopic (exact) mass is 517 g/mol. The number of para-hydroxylation sites is 2. The number of nitrogens with zero attached hydrogens (tertiary/aromatic N) is 3. The fourth-order valence-electron chi connectivity index (χ4n) is 5.56. The first kappa shape index (κ1) is 24.5. The number of benzene rings is 3. The van der Waals surface area contributed by atoms with Gasteiger partial charge in [-0.2, -0.15) is 0 Å². The largest absolute Gasteiger partial charge is 0.313 e. The lowest BCUT2D eigenvalue weighted by atomic mass is 9.94. The Hall–Kier alpha value is -3.83. The Morgan fingerprint density at radius 2 is 1.47 bits per heavy atom. The second-order valence-electron chi connectivity index (χ2n) is 9.93. The summed E-state index contributed by atoms with van der Waals surface area (Å²) in [5.41, 5.74) is 6.36. The van der Waals surface area contributed by atoms with E-state index in [2.05, 4.69) is 72.2 Å². The molecule has 2 aliphatic rings. The molecule has 1 saturated heterocycles. The van der Waals surface area contributed by atoms with Crippen LogP contribution >= 0.6 is 11.8 Å². The third kappa shape index (κ3) is 4.86. The molecule has 6 rings (SSSR count). The van der Waals surface area contributed by atoms with Crippen molar-refractivity contribution in [2.24, 2.45) is 4.99 Å². The van der Waals surface area contributed by atoms with Crippen LogP contribution in [-0.2, 0) is 4.79 Å². The van der Waals surface area contributed by atoms with Crippen molar-refractivity contribution in [3.05, 3.63) is 113 Å². The van der Waals surface area contributed by atoms with Crippen molar-refractivity contribution in [1.29, 1.82) is 0 Å². The maximum atomic E-state index is 14.0. The van der Waals surface area contributed by atoms with Crippen LogP contribution in [0.2, 0.25) is 0 Å². The smallest absolute Gasteiger partial charge is 0.267 e. The lowest BCUT2D eigenvalue weighted by Crippen LogP contribution is -2.40. The zero-order chi connectivity index (χ0) is 25.9. The van der Waals surface area contributed by atoms with Crippen LogP contribution in [0.15, 0.2) is 107 Å². The van der Waals surface area contributed by atoms with E-state index in [4.69, 9.17) is 4.99 Å². The minimum absolute atomic E-state index is 0.0701. The highest BCUT2D eigenvalue weighted by Gasteiger charge is 2.39. The molecule has 190 valence electrons. The number of aromatic nitrogens is 1. The highest BCUT2D eigenvalue weighted by atomic mass is 32.2. The Kier molecular flexibility index (Phi) is 7.02. The van der Waals surface area contributed by atoms with E-state index in [1.165, 1.54) is 18.2 Å². The Bertz CT molecular complexity index is 1480. The molecular formula is C33H31N3OS. The molecular weight excluding hydrogens is 486 g/mol. The van der Waals surface area contributed by atoms with Gasteiger partial charge in [0.15, 0.2) is 5.17 Å². The van der Waals surface area contributed by atoms with E-state index in [1.807, 2.05) is 47.4 Å². The fraction of sp³-hybridized carbons (Fsp3) is 0.212. The van der Waals surface area contributed by atoms with Crippen LogP contribution in [0, 0.1) is 6.92 Å². The lowest BCUT2D eigenvalue weighted by Gasteiger charge is -2.30. The van der Waals surface area contributed by atoms with E-state index in [1.54, 1.807) is 0 Å². The van der Waals surface area contributed by atoms with Crippen LogP contribution in [0.3, 0.4) is 0 Å². The van der Waals surface area contributed by atoms with Gasteiger partial charge in [0.2, 0.25) is 0 Å². The summed E-state index contributed by atoms with van der Waals surface area (Å²) in [6.07, 6.45) is 7.71. The van der Waals surface area contributed by atoms with Gasteiger partial charge in [-0.3, -0.25) is 9.69 Å². The van der Waals surface area contributed by atoms with Gasteiger partial charge in [-0.05, 0) is 73.5 Å². The predicted molar refractivity (Wildman–Crippen MR) is 159 cm³/mol. The van der Waals surface area contributed by atoms with E-state index >= 15 is 0 Å². The van der Waals surface area contributed by atoms with Crippen molar-refractivity contribution >= 4 is 34.6 Å². The quantitative estimate of drug-likeness (QED) is 0.249. The van der Waals surface area contributed by atoms with Gasteiger partial charge >= 0.3 is 0 Å². The van der Waals surface area contributed by atoms with Gasteiger partial charge in [0.1, 0.15) is 0 Å². The molecule has 0 spiro atoms. The summed E-state index contributed by atoms with van der Waals surface area (Å²) >= 11 is 1.50. The molecule has 3 aromatic carbocycles. The number of amides is 1. The van der Waals surface area contributed by atoms with Crippen LogP contribution in [0.4, 0.5) is 5.69 Å². The molecule has 4 nitrogen and oxygen atoms in total. The molecule has 0 radical (unpaired) electrons. The second-order valence-corrected chi connectivity index (χ2v) is 10.9. The lowest BCUT2D eigenvalue weighted by molar-refractivity contribution is -0.124. The van der Waals surface area contributed by atoms with E-state index in [-0.39, 0.29) is 11.9 Å². The zero-order valence-electron chi connectivity index (χ0n) is 21.6. The number of aryl methyl sites for hydroxylation is 1. The van der Waals surface area contributed by atoms with Crippen LogP contribution in [0.5, 0.6) is 0 Å². The number of carbonyl (C=O) groups excluding carboxylic acids is 1. The first-order valence-corrected chi connectivity index (χ1v) is 14.2. The normalized spacial score (nSPS) is 18.6. The van der Waals surface area contributed by atoms with Gasteiger partial charge in [-0.25, -0.2) is 4.99 Å². The van der Waals surface area contributed by atoms with E-state index in [9.17, 15) is 4.79 Å². The molecule has 2 fully saturated rings. The Labute approximate surface area is 228 Å². The summed E-state index contributed by atoms with van der Waals surface area (Å²) in [6.45, 7) is 2.13. The first-order chi connectivity index (χ1) is 18.7. The SMILES string of the molecule is Cc1cc(/C=C2\SC(=Nc3ccccc3)N(C3CCCCC3)C2=O)c(-c2ccccc2)n1-c1ccccc1. The molecule has 4 aromatic rings. The predicted octanol–water partition coefficient (Wildman–Crippen LogP) is 8.39. The number of hydrogen-bond donors (Lipinski definition) is 0. The highest BCUT2D eigenvalue weighted by molar-refractivity contribution is 8.18. The summed E-state index contributed by atoms with van der Waals surface area (Å²) in [6, 6.07) is 33.2. The van der Waals surface area contributed by atoms with Crippen LogP contribution < -0.4 is 0 Å². The van der Waals surface area contributed by atoms with Gasteiger partial charge in [0.25, 0.3) is 5.91 Å². The van der Waals surface area contributed by atoms with Crippen molar-refractivity contribution in [2.75, 3.05) is 0 Å². The highest BCUT2D eigenvalue weighted by Crippen LogP contribution is 2.40. The van der Waals surface area contributed by atoms with Crippen molar-refractivity contribution in [3.8, 4) is 16.9 Å². The minimum atomic E-state index is 0.0701. The first-order valence-electron chi connectivity index (χ1n) is 13.4. The molecule has 0 N–H and O–H groups in total. The van der Waals surface area contributed by atoms with Gasteiger partial charge in [-0.15, -0.1) is 0 Å². The van der Waals surface area contributed by atoms with Crippen LogP contribution in [-0.4, -0.2) is 26.6 Å². The van der Waals surface area contributed by atoms with Gasteiger partial charge in [0.05, 0.1) is 16.3 Å². The third-order valence-electron chi connectivity index (χ3n) is 7.32. The topological polar surface area (TPSA) is 37.6 Å². The number of aliphatic imine (C=N–C) groups is 1. The molecule has 1 aromatic heterocycles. The summed E-state index contributed by atoms with van der Waals surface area (Å²) in [5.74, 6) is 0.0701. The molecule has 0 unspecified atom stereocenters. The number of thioether (sulfide) groups is 1. The molecule has 1 amide bonds. The Morgan fingerprint density at radius 3 is 2.16 bits per heavy atom. The maximum absolute atomic E-state index is 14.0. The average molecular weight is 518 g/mol. The van der Waals surface area contributed by atoms with Gasteiger partial charge < -0.3 is 4.57 Å². The molecule has 2 heterocycles. The van der Waals surface area contributed by atoms with Crippen LogP contribution in [0.1, 0.15) is 43.4 Å². The number of rotatable bonds is 5. The Morgan fingerprint density at radius 1 is 0.842 bits per heavy atom. The molecule has 1 aliphatic carbocycles. The molecule has 5 heteroatoms. The Balaban J connectivity index is 1.46. The molecule has 38 heavy (non-hydrogen) atoms. The van der Waals surface area contributed by atoms with Crippen molar-refractivity contribution < 1.29 is 4.79 Å². The molecule has 1 saturated carbocycles. The number of amidine groups is 1. The van der Waals surface area contributed by atoms with Crippen LogP contribution in [0.25, 0.3) is 23.0 Å². The summed E-state index contributed by atoms with van der Waals surface area (Å²) in [7, 11) is 0. The third-order valence-corrected chi connectivity index (χ3v) is 8.30. The standard InChI is InChI=1S/C33H31N3OS/c1-24-22-26(31(25-14-6-2-7-15-25)35(24)28-18-10-4-11-19-28)23-30-32(37)36(29-20-12-5-13-21-29)33(38-30)34-27-16-8-3-9-17-27/h2-4,6-11,14-19,22-23,29H,5,12-13,20-21H2,1H3/b30-23-,34-33?. The number of carbonyl (C=O) groups is 1. The van der Waals surface area contributed by atoms with E-state index in [0.29, 0.717) is 0 Å². The van der Waals surface area contributed by atoms with Crippen molar-refractivity contribution in [2.45, 2.75) is 45.1 Å². The zero-order valence-corrected chi connectivity index (χ0v) is 22.4. The molecule has 0 atom stereocenters. The fourth-order valence-corrected chi connectivity index (χ4v) is 6.60. The molecule has 1 aliphatic heterocycles. The molecule has 0 bridgehead atoms. The average Bonchev–Trinajstić information content (AvgIpc) is 3.45. The maximum Gasteiger partial charge on any atom is 0.267 e. The number of hydrogen-bond acceptors (Lipinski definition) is 3. The van der Waals surface area contributed by atoms with Gasteiger partial charge in [0, 0.05) is 23.0 Å². The van der Waals surface area contributed by atoms with Crippen molar-refractivity contribution in [3.63, 3.8) is 0 Å². The second kappa shape index (κ2) is 10.9. The summed E-state index contributed by atoms with van der Waals surface area (Å²) < 4.78 is 2.28. The van der Waals surface area contributed by atoms with E-state index < -0.39 is 0 Å². The van der Waals surface area contributed by atoms with E-state index in [0.717, 1.165) is 69.6 Å². The van der Waals surface area contributed by atoms with Crippen molar-refractivity contribution in [1.82, 2.24) is 9.47 Å². The summed E-state index contributed by atoms with van der Waals surface area (Å²) in [4.78, 5) is 21.6. The summed E-state index contributed by atoms with van der Waals surface area (Å²) in [5, 5.41) is 0.792. The van der Waals surface area contributed by atoms with Gasteiger partial charge in [-0.1, -0.05) is 86.0 Å². The minimum Gasteiger partial charge on any atom is -0.313 e.